The second-order valence-electron chi connectivity index (χ2n) is 5.68. The van der Waals surface area contributed by atoms with Gasteiger partial charge in [-0.2, -0.15) is 0 Å². The fraction of sp³-hybridized carbons (Fsp3) is 1.00. The van der Waals surface area contributed by atoms with E-state index in [1.54, 1.807) is 0 Å². The van der Waals surface area contributed by atoms with Gasteiger partial charge in [-0.1, -0.05) is 19.6 Å². The average molecular weight is 308 g/mol. The molecule has 0 aliphatic heterocycles. The van der Waals surface area contributed by atoms with Crippen LogP contribution in [0.4, 0.5) is 0 Å². The van der Waals surface area contributed by atoms with Gasteiger partial charge in [0, 0.05) is 25.9 Å². The molecule has 6 heteroatoms. The summed E-state index contributed by atoms with van der Waals surface area (Å²) in [5, 5.41) is 0. The van der Waals surface area contributed by atoms with Crippen molar-refractivity contribution in [3.8, 4) is 0 Å². The lowest BCUT2D eigenvalue weighted by atomic mass is 10.5. The van der Waals surface area contributed by atoms with Gasteiger partial charge in [0.05, 0.1) is 0 Å². The number of hydrogen-bond acceptors (Lipinski definition) is 4. The molecule has 0 spiro atoms. The maximum absolute atomic E-state index is 5.87. The van der Waals surface area contributed by atoms with Crippen LogP contribution < -0.4 is 0 Å². The Morgan fingerprint density at radius 1 is 0.842 bits per heavy atom. The van der Waals surface area contributed by atoms with E-state index in [2.05, 4.69) is 31.3 Å². The molecule has 0 aromatic rings. The first-order valence-electron chi connectivity index (χ1n) is 7.44. The van der Waals surface area contributed by atoms with E-state index in [9.17, 15) is 0 Å². The lowest BCUT2D eigenvalue weighted by Gasteiger charge is -2.32. The van der Waals surface area contributed by atoms with Crippen LogP contribution in [0.2, 0.25) is 25.7 Å². The van der Waals surface area contributed by atoms with E-state index in [-0.39, 0.29) is 0 Å². The molecule has 4 nitrogen and oxygen atoms in total. The molecular formula is C13H33NO3Si2. The molecule has 0 heterocycles. The maximum Gasteiger partial charge on any atom is 0.500 e. The average Bonchev–Trinajstić information content (AvgIpc) is 2.28. The van der Waals surface area contributed by atoms with Crippen molar-refractivity contribution in [2.45, 2.75) is 52.9 Å². The first-order valence-corrected chi connectivity index (χ1v) is 12.8. The quantitative estimate of drug-likeness (QED) is 0.549. The first-order chi connectivity index (χ1) is 8.81. The van der Waals surface area contributed by atoms with Crippen molar-refractivity contribution >= 4 is 17.0 Å². The van der Waals surface area contributed by atoms with Crippen LogP contribution in [0, 0.1) is 0 Å². The van der Waals surface area contributed by atoms with Crippen molar-refractivity contribution in [2.24, 2.45) is 0 Å². The second-order valence-corrected chi connectivity index (χ2v) is 13.5. The molecule has 0 atom stereocenters. The molecule has 0 saturated carbocycles. The Morgan fingerprint density at radius 2 is 1.26 bits per heavy atom. The molecular weight excluding hydrogens is 274 g/mol. The standard InChI is InChI=1S/C13H33NO3Si2/c1-8-15-19(16-9-2,17-10-3)13-11-12-14(4)18(5,6)7/h8-13H2,1-7H3. The fourth-order valence-electron chi connectivity index (χ4n) is 1.87. The fourth-order valence-corrected chi connectivity index (χ4v) is 5.29. The molecule has 0 aliphatic carbocycles. The minimum absolute atomic E-state index is 0.663. The van der Waals surface area contributed by atoms with Crippen LogP contribution >= 0.6 is 0 Å². The highest BCUT2D eigenvalue weighted by Crippen LogP contribution is 2.19. The highest BCUT2D eigenvalue weighted by Gasteiger charge is 2.39. The van der Waals surface area contributed by atoms with Gasteiger partial charge in [-0.15, -0.1) is 0 Å². The Balaban J connectivity index is 4.39. The van der Waals surface area contributed by atoms with Crippen LogP contribution in [0.15, 0.2) is 0 Å². The summed E-state index contributed by atoms with van der Waals surface area (Å²) in [6.07, 6.45) is 1.08. The van der Waals surface area contributed by atoms with Gasteiger partial charge >= 0.3 is 8.80 Å². The van der Waals surface area contributed by atoms with E-state index in [4.69, 9.17) is 13.3 Å². The third-order valence-electron chi connectivity index (χ3n) is 3.21. The second kappa shape index (κ2) is 9.25. The van der Waals surface area contributed by atoms with E-state index < -0.39 is 17.0 Å². The van der Waals surface area contributed by atoms with Crippen molar-refractivity contribution in [2.75, 3.05) is 33.4 Å². The number of rotatable bonds is 11. The number of hydrogen-bond donors (Lipinski definition) is 0. The summed E-state index contributed by atoms with van der Waals surface area (Å²) in [5.74, 6) is 0. The molecule has 0 aromatic heterocycles. The van der Waals surface area contributed by atoms with Gasteiger partial charge in [0.2, 0.25) is 0 Å². The Labute approximate surface area is 121 Å². The molecule has 19 heavy (non-hydrogen) atoms. The Hall–Kier alpha value is 0.274. The van der Waals surface area contributed by atoms with E-state index in [0.717, 1.165) is 19.0 Å². The van der Waals surface area contributed by atoms with E-state index in [1.807, 2.05) is 20.8 Å². The summed E-state index contributed by atoms with van der Waals surface area (Å²) in [6, 6.07) is 0.914. The first kappa shape index (κ1) is 19.3. The predicted molar refractivity (Wildman–Crippen MR) is 86.0 cm³/mol. The van der Waals surface area contributed by atoms with Crippen LogP contribution in [-0.4, -0.2) is 55.0 Å². The topological polar surface area (TPSA) is 30.9 Å². The third kappa shape index (κ3) is 7.58. The zero-order valence-corrected chi connectivity index (χ0v) is 15.9. The highest BCUT2D eigenvalue weighted by atomic mass is 28.4. The van der Waals surface area contributed by atoms with Crippen molar-refractivity contribution in [1.29, 1.82) is 0 Å². The van der Waals surface area contributed by atoms with Crippen molar-refractivity contribution in [3.05, 3.63) is 0 Å². The minimum atomic E-state index is -2.43. The normalized spacial score (nSPS) is 13.3. The largest absolute Gasteiger partial charge is 0.500 e. The Kier molecular flexibility index (Phi) is 9.39. The summed E-state index contributed by atoms with van der Waals surface area (Å²) in [7, 11) is -1.40. The van der Waals surface area contributed by atoms with Gasteiger partial charge in [0.1, 0.15) is 8.24 Å². The predicted octanol–water partition coefficient (Wildman–Crippen LogP) is 3.19. The summed E-state index contributed by atoms with van der Waals surface area (Å²) < 4.78 is 20.1. The van der Waals surface area contributed by atoms with Gasteiger partial charge in [0.25, 0.3) is 0 Å². The smallest absolute Gasteiger partial charge is 0.374 e. The van der Waals surface area contributed by atoms with Gasteiger partial charge < -0.3 is 17.8 Å². The minimum Gasteiger partial charge on any atom is -0.374 e. The van der Waals surface area contributed by atoms with Crippen molar-refractivity contribution in [1.82, 2.24) is 4.57 Å². The summed E-state index contributed by atoms with van der Waals surface area (Å²) in [6.45, 7) is 16.2. The number of nitrogens with zero attached hydrogens (tertiary/aromatic N) is 1. The van der Waals surface area contributed by atoms with Gasteiger partial charge in [0.15, 0.2) is 0 Å². The van der Waals surface area contributed by atoms with Crippen LogP contribution in [0.5, 0.6) is 0 Å². The van der Waals surface area contributed by atoms with E-state index >= 15 is 0 Å². The third-order valence-corrected chi connectivity index (χ3v) is 8.88. The molecule has 0 rings (SSSR count). The van der Waals surface area contributed by atoms with Gasteiger partial charge in [-0.05, 0) is 40.8 Å². The summed E-state index contributed by atoms with van der Waals surface area (Å²) in [4.78, 5) is 0. The molecule has 0 saturated heterocycles. The molecule has 0 amide bonds. The molecule has 0 aromatic carbocycles. The zero-order chi connectivity index (χ0) is 14.9. The van der Waals surface area contributed by atoms with E-state index in [1.165, 1.54) is 0 Å². The molecule has 0 N–H and O–H groups in total. The Bertz CT molecular complexity index is 217. The molecule has 0 bridgehead atoms. The monoisotopic (exact) mass is 307 g/mol. The SMILES string of the molecule is CCO[Si](CCCN(C)[Si](C)(C)C)(OCC)OCC. The highest BCUT2D eigenvalue weighted by molar-refractivity contribution is 6.73. The lowest BCUT2D eigenvalue weighted by Crippen LogP contribution is -2.48. The molecule has 0 aliphatic rings. The Morgan fingerprint density at radius 3 is 1.58 bits per heavy atom. The molecule has 0 fully saturated rings. The van der Waals surface area contributed by atoms with Gasteiger partial charge in [-0.3, -0.25) is 0 Å². The van der Waals surface area contributed by atoms with Gasteiger partial charge in [-0.25, -0.2) is 0 Å². The lowest BCUT2D eigenvalue weighted by molar-refractivity contribution is 0.0705. The molecule has 116 valence electrons. The van der Waals surface area contributed by atoms with Crippen LogP contribution in [0.25, 0.3) is 0 Å². The van der Waals surface area contributed by atoms with Crippen LogP contribution in [0.3, 0.4) is 0 Å². The summed E-state index contributed by atoms with van der Waals surface area (Å²) >= 11 is 0. The molecule has 0 radical (unpaired) electrons. The van der Waals surface area contributed by atoms with Crippen LogP contribution in [0.1, 0.15) is 27.2 Å². The van der Waals surface area contributed by atoms with Crippen LogP contribution in [-0.2, 0) is 13.3 Å². The van der Waals surface area contributed by atoms with Crippen molar-refractivity contribution < 1.29 is 13.3 Å². The molecule has 0 unspecified atom stereocenters. The summed E-state index contributed by atoms with van der Waals surface area (Å²) in [5.41, 5.74) is 0. The maximum atomic E-state index is 5.87. The van der Waals surface area contributed by atoms with E-state index in [0.29, 0.717) is 19.8 Å². The zero-order valence-electron chi connectivity index (χ0n) is 13.9. The van der Waals surface area contributed by atoms with Crippen molar-refractivity contribution in [3.63, 3.8) is 0 Å².